The SMILES string of the molecule is CN1CCC2(CCNCC2)N(C)C1=O. The summed E-state index contributed by atoms with van der Waals surface area (Å²) in [6.07, 6.45) is 3.32. The monoisotopic (exact) mass is 197 g/mol. The van der Waals surface area contributed by atoms with Crippen LogP contribution < -0.4 is 5.32 Å². The summed E-state index contributed by atoms with van der Waals surface area (Å²) in [6.45, 7) is 2.99. The van der Waals surface area contributed by atoms with Crippen LogP contribution in [0.15, 0.2) is 0 Å². The Kier molecular flexibility index (Phi) is 2.39. The Morgan fingerprint density at radius 1 is 1.21 bits per heavy atom. The molecule has 0 bridgehead atoms. The third kappa shape index (κ3) is 1.38. The number of carbonyl (C=O) groups is 1. The van der Waals surface area contributed by atoms with E-state index in [0.29, 0.717) is 0 Å². The van der Waals surface area contributed by atoms with Crippen LogP contribution in [-0.2, 0) is 0 Å². The van der Waals surface area contributed by atoms with Crippen LogP contribution in [0.5, 0.6) is 0 Å². The quantitative estimate of drug-likeness (QED) is 0.613. The predicted octanol–water partition coefficient (Wildman–Crippen LogP) is 0.496. The lowest BCUT2D eigenvalue weighted by Crippen LogP contribution is -2.62. The van der Waals surface area contributed by atoms with Crippen LogP contribution >= 0.6 is 0 Å². The van der Waals surface area contributed by atoms with E-state index < -0.39 is 0 Å². The van der Waals surface area contributed by atoms with Gasteiger partial charge in [-0.15, -0.1) is 0 Å². The van der Waals surface area contributed by atoms with Gasteiger partial charge >= 0.3 is 6.03 Å². The van der Waals surface area contributed by atoms with Crippen molar-refractivity contribution in [2.24, 2.45) is 0 Å². The molecule has 0 unspecified atom stereocenters. The molecule has 2 amide bonds. The fourth-order valence-corrected chi connectivity index (χ4v) is 2.58. The van der Waals surface area contributed by atoms with Crippen molar-refractivity contribution < 1.29 is 4.79 Å². The topological polar surface area (TPSA) is 35.6 Å². The first-order valence-electron chi connectivity index (χ1n) is 5.35. The second-order valence-electron chi connectivity index (χ2n) is 4.49. The van der Waals surface area contributed by atoms with E-state index >= 15 is 0 Å². The lowest BCUT2D eigenvalue weighted by molar-refractivity contribution is 0.0438. The van der Waals surface area contributed by atoms with Crippen molar-refractivity contribution in [1.29, 1.82) is 0 Å². The molecule has 0 atom stereocenters. The molecule has 2 heterocycles. The van der Waals surface area contributed by atoms with Crippen molar-refractivity contribution in [2.75, 3.05) is 33.7 Å². The molecule has 4 nitrogen and oxygen atoms in total. The molecule has 4 heteroatoms. The molecule has 0 aromatic rings. The highest BCUT2D eigenvalue weighted by Crippen LogP contribution is 2.32. The van der Waals surface area contributed by atoms with Gasteiger partial charge in [0.1, 0.15) is 0 Å². The summed E-state index contributed by atoms with van der Waals surface area (Å²) in [4.78, 5) is 15.6. The first-order chi connectivity index (χ1) is 6.66. The molecule has 0 aliphatic carbocycles. The van der Waals surface area contributed by atoms with Gasteiger partial charge < -0.3 is 15.1 Å². The van der Waals surface area contributed by atoms with Crippen molar-refractivity contribution in [1.82, 2.24) is 15.1 Å². The maximum atomic E-state index is 11.8. The fraction of sp³-hybridized carbons (Fsp3) is 0.900. The Bertz CT molecular complexity index is 236. The van der Waals surface area contributed by atoms with E-state index in [4.69, 9.17) is 0 Å². The molecule has 2 aliphatic rings. The predicted molar refractivity (Wildman–Crippen MR) is 55.2 cm³/mol. The highest BCUT2D eigenvalue weighted by molar-refractivity contribution is 5.75. The third-order valence-corrected chi connectivity index (χ3v) is 3.77. The Morgan fingerprint density at radius 2 is 1.86 bits per heavy atom. The molecular formula is C10H19N3O. The van der Waals surface area contributed by atoms with Gasteiger partial charge in [-0.1, -0.05) is 0 Å². The summed E-state index contributed by atoms with van der Waals surface area (Å²) >= 11 is 0. The maximum Gasteiger partial charge on any atom is 0.319 e. The van der Waals surface area contributed by atoms with E-state index in [9.17, 15) is 4.79 Å². The highest BCUT2D eigenvalue weighted by Gasteiger charge is 2.42. The fourth-order valence-electron chi connectivity index (χ4n) is 2.58. The second kappa shape index (κ2) is 3.42. The van der Waals surface area contributed by atoms with Crippen LogP contribution in [0.2, 0.25) is 0 Å². The van der Waals surface area contributed by atoms with Gasteiger partial charge in [-0.2, -0.15) is 0 Å². The molecule has 80 valence electrons. The highest BCUT2D eigenvalue weighted by atomic mass is 16.2. The van der Waals surface area contributed by atoms with Gasteiger partial charge in [0, 0.05) is 26.2 Å². The van der Waals surface area contributed by atoms with Crippen molar-refractivity contribution in [3.05, 3.63) is 0 Å². The zero-order valence-electron chi connectivity index (χ0n) is 9.05. The molecule has 1 spiro atoms. The number of carbonyl (C=O) groups excluding carboxylic acids is 1. The van der Waals surface area contributed by atoms with Crippen LogP contribution in [0, 0.1) is 0 Å². The zero-order valence-corrected chi connectivity index (χ0v) is 9.05. The number of nitrogens with zero attached hydrogens (tertiary/aromatic N) is 2. The molecule has 0 aromatic heterocycles. The van der Waals surface area contributed by atoms with Crippen LogP contribution in [0.4, 0.5) is 4.79 Å². The van der Waals surface area contributed by atoms with Crippen molar-refractivity contribution in [3.8, 4) is 0 Å². The van der Waals surface area contributed by atoms with E-state index in [1.54, 1.807) is 0 Å². The largest absolute Gasteiger partial charge is 0.328 e. The molecule has 2 saturated heterocycles. The van der Waals surface area contributed by atoms with Crippen LogP contribution in [0.3, 0.4) is 0 Å². The minimum Gasteiger partial charge on any atom is -0.328 e. The lowest BCUT2D eigenvalue weighted by Gasteiger charge is -2.50. The first-order valence-corrected chi connectivity index (χ1v) is 5.35. The minimum absolute atomic E-state index is 0.148. The van der Waals surface area contributed by atoms with E-state index in [-0.39, 0.29) is 11.6 Å². The van der Waals surface area contributed by atoms with Gasteiger partial charge in [0.2, 0.25) is 0 Å². The lowest BCUT2D eigenvalue weighted by atomic mass is 9.82. The normalized spacial score (nSPS) is 27.1. The molecule has 14 heavy (non-hydrogen) atoms. The summed E-state index contributed by atoms with van der Waals surface area (Å²) in [5.74, 6) is 0. The van der Waals surface area contributed by atoms with Gasteiger partial charge in [-0.25, -0.2) is 4.79 Å². The van der Waals surface area contributed by atoms with Gasteiger partial charge in [0.25, 0.3) is 0 Å². The van der Waals surface area contributed by atoms with Crippen LogP contribution in [0.25, 0.3) is 0 Å². The van der Waals surface area contributed by atoms with Crippen molar-refractivity contribution in [2.45, 2.75) is 24.8 Å². The molecule has 2 rings (SSSR count). The number of piperidine rings is 1. The smallest absolute Gasteiger partial charge is 0.319 e. The standard InChI is InChI=1S/C10H19N3O/c1-12-8-5-10(13(2)9(12)14)3-6-11-7-4-10/h11H,3-8H2,1-2H3. The summed E-state index contributed by atoms with van der Waals surface area (Å²) in [7, 11) is 3.83. The van der Waals surface area contributed by atoms with Gasteiger partial charge in [0.05, 0.1) is 0 Å². The van der Waals surface area contributed by atoms with Gasteiger partial charge in [-0.3, -0.25) is 0 Å². The van der Waals surface area contributed by atoms with E-state index in [2.05, 4.69) is 5.32 Å². The summed E-state index contributed by atoms with van der Waals surface area (Å²) in [5, 5.41) is 3.35. The Hall–Kier alpha value is -0.770. The van der Waals surface area contributed by atoms with E-state index in [1.165, 1.54) is 0 Å². The number of rotatable bonds is 0. The Morgan fingerprint density at radius 3 is 2.50 bits per heavy atom. The van der Waals surface area contributed by atoms with Gasteiger partial charge in [0.15, 0.2) is 0 Å². The average Bonchev–Trinajstić information content (AvgIpc) is 2.23. The molecule has 0 saturated carbocycles. The molecule has 0 aromatic carbocycles. The second-order valence-corrected chi connectivity index (χ2v) is 4.49. The Labute approximate surface area is 85.2 Å². The number of amides is 2. The zero-order chi connectivity index (χ0) is 10.2. The molecule has 2 aliphatic heterocycles. The number of hydrogen-bond acceptors (Lipinski definition) is 2. The molecule has 2 fully saturated rings. The molecular weight excluding hydrogens is 178 g/mol. The van der Waals surface area contributed by atoms with E-state index in [0.717, 1.165) is 38.9 Å². The average molecular weight is 197 g/mol. The summed E-state index contributed by atoms with van der Waals surface area (Å²) in [5.41, 5.74) is 0.148. The summed E-state index contributed by atoms with van der Waals surface area (Å²) in [6, 6.07) is 0.179. The number of urea groups is 1. The minimum atomic E-state index is 0.148. The Balaban J connectivity index is 2.15. The van der Waals surface area contributed by atoms with Crippen molar-refractivity contribution in [3.63, 3.8) is 0 Å². The maximum absolute atomic E-state index is 11.8. The van der Waals surface area contributed by atoms with E-state index in [1.807, 2.05) is 23.9 Å². The number of nitrogens with one attached hydrogen (secondary N) is 1. The molecule has 0 radical (unpaired) electrons. The molecule has 1 N–H and O–H groups in total. The third-order valence-electron chi connectivity index (χ3n) is 3.77. The number of hydrogen-bond donors (Lipinski definition) is 1. The van der Waals surface area contributed by atoms with Gasteiger partial charge in [-0.05, 0) is 32.4 Å². The van der Waals surface area contributed by atoms with Crippen LogP contribution in [-0.4, -0.2) is 55.1 Å². The van der Waals surface area contributed by atoms with Crippen molar-refractivity contribution >= 4 is 6.03 Å². The first kappa shape index (κ1) is 9.77. The van der Waals surface area contributed by atoms with Crippen LogP contribution in [0.1, 0.15) is 19.3 Å². The summed E-state index contributed by atoms with van der Waals surface area (Å²) < 4.78 is 0.